The average Bonchev–Trinajstić information content (AvgIpc) is 2.67. The van der Waals surface area contributed by atoms with Gasteiger partial charge in [-0.05, 0) is 25.6 Å². The summed E-state index contributed by atoms with van der Waals surface area (Å²) in [5.74, 6) is 0.388. The predicted octanol–water partition coefficient (Wildman–Crippen LogP) is 2.93. The Morgan fingerprint density at radius 3 is 2.69 bits per heavy atom. The Kier molecular flexibility index (Phi) is 5.26. The Labute approximate surface area is 97.0 Å². The van der Waals surface area contributed by atoms with Crippen LogP contribution >= 0.6 is 0 Å². The fraction of sp³-hybridized carbons (Fsp3) is 0.538. The zero-order valence-corrected chi connectivity index (χ0v) is 10.2. The van der Waals surface area contributed by atoms with E-state index < -0.39 is 0 Å². The lowest BCUT2D eigenvalue weighted by Gasteiger charge is -2.13. The molecule has 1 aliphatic rings. The van der Waals surface area contributed by atoms with Crippen molar-refractivity contribution >= 4 is 0 Å². The minimum absolute atomic E-state index is 0.210. The van der Waals surface area contributed by atoms with Crippen LogP contribution in [0.5, 0.6) is 5.75 Å². The van der Waals surface area contributed by atoms with Crippen molar-refractivity contribution in [1.82, 2.24) is 4.90 Å². The van der Waals surface area contributed by atoms with Crippen molar-refractivity contribution in [2.24, 2.45) is 0 Å². The highest BCUT2D eigenvalue weighted by atomic mass is 19.1. The van der Waals surface area contributed by atoms with Gasteiger partial charge in [-0.2, -0.15) is 0 Å². The van der Waals surface area contributed by atoms with E-state index in [1.54, 1.807) is 12.1 Å². The molecule has 2 rings (SSSR count). The molecule has 1 unspecified atom stereocenters. The summed E-state index contributed by atoms with van der Waals surface area (Å²) in [6, 6.07) is 6.32. The second kappa shape index (κ2) is 6.48. The van der Waals surface area contributed by atoms with Crippen LogP contribution in [0.15, 0.2) is 24.3 Å². The van der Waals surface area contributed by atoms with E-state index in [4.69, 9.17) is 4.74 Å². The minimum atomic E-state index is -0.242. The Bertz CT molecular complexity index is 317. The second-order valence-electron chi connectivity index (χ2n) is 3.75. The van der Waals surface area contributed by atoms with Crippen LogP contribution in [-0.4, -0.2) is 31.1 Å². The lowest BCUT2D eigenvalue weighted by Crippen LogP contribution is -2.21. The van der Waals surface area contributed by atoms with E-state index in [9.17, 15) is 4.39 Å². The van der Waals surface area contributed by atoms with Gasteiger partial charge in [-0.3, -0.25) is 0 Å². The van der Waals surface area contributed by atoms with Crippen LogP contribution < -0.4 is 4.74 Å². The molecule has 0 bridgehead atoms. The fourth-order valence-electron chi connectivity index (χ4n) is 1.72. The van der Waals surface area contributed by atoms with E-state index in [-0.39, 0.29) is 11.9 Å². The molecular formula is C13H20FNO. The third-order valence-corrected chi connectivity index (χ3v) is 2.45. The average molecular weight is 225 g/mol. The minimum Gasteiger partial charge on any atom is -0.489 e. The molecule has 90 valence electrons. The third kappa shape index (κ3) is 3.81. The molecule has 1 saturated heterocycles. The Balaban J connectivity index is 0.000000606. The summed E-state index contributed by atoms with van der Waals surface area (Å²) in [7, 11) is 2.06. The van der Waals surface area contributed by atoms with E-state index in [1.807, 2.05) is 13.8 Å². The van der Waals surface area contributed by atoms with Crippen molar-refractivity contribution in [2.45, 2.75) is 26.4 Å². The quantitative estimate of drug-likeness (QED) is 0.767. The topological polar surface area (TPSA) is 12.5 Å². The third-order valence-electron chi connectivity index (χ3n) is 2.45. The van der Waals surface area contributed by atoms with Crippen LogP contribution in [0.3, 0.4) is 0 Å². The summed E-state index contributed by atoms with van der Waals surface area (Å²) < 4.78 is 18.5. The standard InChI is InChI=1S/C11H14FNO.C2H6/c1-13-6-5-11(8-13)14-10-4-2-3-9(12)7-10;1-2/h2-4,7,11H,5-6,8H2,1H3;1-2H3. The summed E-state index contributed by atoms with van der Waals surface area (Å²) in [6.07, 6.45) is 1.23. The molecule has 16 heavy (non-hydrogen) atoms. The van der Waals surface area contributed by atoms with Crippen LogP contribution in [0.1, 0.15) is 20.3 Å². The van der Waals surface area contributed by atoms with Crippen molar-refractivity contribution in [1.29, 1.82) is 0 Å². The summed E-state index contributed by atoms with van der Waals surface area (Å²) >= 11 is 0. The molecule has 1 heterocycles. The number of nitrogens with zero attached hydrogens (tertiary/aromatic N) is 1. The van der Waals surface area contributed by atoms with Crippen molar-refractivity contribution in [3.63, 3.8) is 0 Å². The molecule has 1 aromatic rings. The van der Waals surface area contributed by atoms with Crippen LogP contribution in [-0.2, 0) is 0 Å². The maximum atomic E-state index is 12.8. The Morgan fingerprint density at radius 2 is 2.12 bits per heavy atom. The predicted molar refractivity (Wildman–Crippen MR) is 64.3 cm³/mol. The summed E-state index contributed by atoms with van der Waals surface area (Å²) in [5, 5.41) is 0. The molecule has 0 amide bonds. The van der Waals surface area contributed by atoms with Gasteiger partial charge in [0.1, 0.15) is 17.7 Å². The summed E-state index contributed by atoms with van der Waals surface area (Å²) in [5.41, 5.74) is 0. The van der Waals surface area contributed by atoms with Crippen molar-refractivity contribution in [2.75, 3.05) is 20.1 Å². The van der Waals surface area contributed by atoms with Gasteiger partial charge in [0.05, 0.1) is 0 Å². The molecule has 1 atom stereocenters. The first-order valence-electron chi connectivity index (χ1n) is 5.85. The van der Waals surface area contributed by atoms with E-state index >= 15 is 0 Å². The number of hydrogen-bond donors (Lipinski definition) is 0. The largest absolute Gasteiger partial charge is 0.489 e. The number of halogens is 1. The van der Waals surface area contributed by atoms with Gasteiger partial charge in [-0.1, -0.05) is 19.9 Å². The van der Waals surface area contributed by atoms with Crippen LogP contribution in [0.4, 0.5) is 4.39 Å². The SMILES string of the molecule is CC.CN1CCC(Oc2cccc(F)c2)C1. The smallest absolute Gasteiger partial charge is 0.126 e. The molecule has 0 aromatic heterocycles. The van der Waals surface area contributed by atoms with Crippen LogP contribution in [0, 0.1) is 5.82 Å². The van der Waals surface area contributed by atoms with Crippen LogP contribution in [0.25, 0.3) is 0 Å². The molecular weight excluding hydrogens is 205 g/mol. The highest BCUT2D eigenvalue weighted by Gasteiger charge is 2.20. The number of likely N-dealkylation sites (tertiary alicyclic amines) is 1. The number of rotatable bonds is 2. The van der Waals surface area contributed by atoms with Gasteiger partial charge in [-0.25, -0.2) is 4.39 Å². The molecule has 1 aromatic carbocycles. The van der Waals surface area contributed by atoms with Gasteiger partial charge in [-0.15, -0.1) is 0 Å². The second-order valence-corrected chi connectivity index (χ2v) is 3.75. The molecule has 0 radical (unpaired) electrons. The molecule has 2 nitrogen and oxygen atoms in total. The van der Waals surface area contributed by atoms with Gasteiger partial charge < -0.3 is 9.64 Å². The van der Waals surface area contributed by atoms with E-state index in [0.29, 0.717) is 5.75 Å². The van der Waals surface area contributed by atoms with Crippen molar-refractivity contribution < 1.29 is 9.13 Å². The molecule has 0 spiro atoms. The first kappa shape index (κ1) is 13.0. The zero-order chi connectivity index (χ0) is 12.0. The molecule has 1 fully saturated rings. The van der Waals surface area contributed by atoms with Crippen molar-refractivity contribution in [3.8, 4) is 5.75 Å². The van der Waals surface area contributed by atoms with E-state index in [1.165, 1.54) is 12.1 Å². The van der Waals surface area contributed by atoms with Crippen molar-refractivity contribution in [3.05, 3.63) is 30.1 Å². The zero-order valence-electron chi connectivity index (χ0n) is 10.2. The first-order chi connectivity index (χ1) is 7.74. The number of hydrogen-bond acceptors (Lipinski definition) is 2. The van der Waals surface area contributed by atoms with Crippen LogP contribution in [0.2, 0.25) is 0 Å². The highest BCUT2D eigenvalue weighted by Crippen LogP contribution is 2.18. The number of likely N-dealkylation sites (N-methyl/N-ethyl adjacent to an activating group) is 1. The maximum Gasteiger partial charge on any atom is 0.126 e. The maximum absolute atomic E-state index is 12.8. The summed E-state index contributed by atoms with van der Waals surface area (Å²) in [6.45, 7) is 5.98. The highest BCUT2D eigenvalue weighted by molar-refractivity contribution is 5.22. The Hall–Kier alpha value is -1.09. The van der Waals surface area contributed by atoms with Gasteiger partial charge in [0.15, 0.2) is 0 Å². The van der Waals surface area contributed by atoms with E-state index in [2.05, 4.69) is 11.9 Å². The monoisotopic (exact) mass is 225 g/mol. The van der Waals surface area contributed by atoms with Gasteiger partial charge >= 0.3 is 0 Å². The van der Waals surface area contributed by atoms with Gasteiger partial charge in [0.25, 0.3) is 0 Å². The van der Waals surface area contributed by atoms with Gasteiger partial charge in [0, 0.05) is 19.2 Å². The number of ether oxygens (including phenoxy) is 1. The molecule has 0 aliphatic carbocycles. The number of benzene rings is 1. The molecule has 0 N–H and O–H groups in total. The Morgan fingerprint density at radius 1 is 1.38 bits per heavy atom. The van der Waals surface area contributed by atoms with Gasteiger partial charge in [0.2, 0.25) is 0 Å². The fourth-order valence-corrected chi connectivity index (χ4v) is 1.72. The molecule has 1 aliphatic heterocycles. The lowest BCUT2D eigenvalue weighted by molar-refractivity contribution is 0.207. The van der Waals surface area contributed by atoms with E-state index in [0.717, 1.165) is 19.5 Å². The molecule has 3 heteroatoms. The lowest BCUT2D eigenvalue weighted by atomic mass is 10.3. The molecule has 0 saturated carbocycles. The summed E-state index contributed by atoms with van der Waals surface area (Å²) in [4.78, 5) is 2.21. The first-order valence-corrected chi connectivity index (χ1v) is 5.85. The normalized spacial score (nSPS) is 20.1.